The predicted molar refractivity (Wildman–Crippen MR) is 102 cm³/mol. The molecule has 0 aromatic heterocycles. The largest absolute Gasteiger partial charge is 0.453 e. The van der Waals surface area contributed by atoms with Gasteiger partial charge in [-0.05, 0) is 18.4 Å². The van der Waals surface area contributed by atoms with Gasteiger partial charge in [0.25, 0.3) is 0 Å². The van der Waals surface area contributed by atoms with Gasteiger partial charge in [0.05, 0.1) is 19.2 Å². The van der Waals surface area contributed by atoms with Crippen molar-refractivity contribution in [2.24, 2.45) is 0 Å². The number of carbonyl (C=O) groups is 2. The zero-order chi connectivity index (χ0) is 19.2. The number of methoxy groups -OCH3 is 1. The van der Waals surface area contributed by atoms with Gasteiger partial charge in [0.1, 0.15) is 6.10 Å². The molecule has 0 heterocycles. The second-order valence-corrected chi connectivity index (χ2v) is 7.84. The molecule has 2 rings (SSSR count). The van der Waals surface area contributed by atoms with Crippen LogP contribution in [0.3, 0.4) is 0 Å². The van der Waals surface area contributed by atoms with E-state index in [1.54, 1.807) is 6.08 Å². The smallest absolute Gasteiger partial charge is 0.411 e. The van der Waals surface area contributed by atoms with Crippen molar-refractivity contribution < 1.29 is 24.5 Å². The first-order valence-corrected chi connectivity index (χ1v) is 10.2. The average Bonchev–Trinajstić information content (AvgIpc) is 2.60. The van der Waals surface area contributed by atoms with E-state index >= 15 is 0 Å². The van der Waals surface area contributed by atoms with Gasteiger partial charge in [0.15, 0.2) is 11.4 Å². The summed E-state index contributed by atoms with van der Waals surface area (Å²) in [6.45, 7) is 0. The first-order valence-electron chi connectivity index (χ1n) is 7.51. The topological polar surface area (TPSA) is 95.9 Å². The number of allylic oxidation sites excluding steroid dienone is 3. The second kappa shape index (κ2) is 9.02. The van der Waals surface area contributed by atoms with Crippen LogP contribution in [0.15, 0.2) is 35.1 Å². The Morgan fingerprint density at radius 2 is 2.23 bits per heavy atom. The van der Waals surface area contributed by atoms with E-state index < -0.39 is 23.6 Å². The van der Waals surface area contributed by atoms with Crippen LogP contribution in [0, 0.1) is 23.7 Å². The van der Waals surface area contributed by atoms with Crippen molar-refractivity contribution in [3.63, 3.8) is 0 Å². The Balaban J connectivity index is 2.71. The molecule has 0 aromatic carbocycles. The maximum Gasteiger partial charge on any atom is 0.411 e. The minimum atomic E-state index is -1.78. The SMILES string of the molecule is COC(=O)NC1=C2/C(=C\CSSC)C(O)(C#C/C=C\C#CC2O)CC1=O. The third-order valence-corrected chi connectivity index (χ3v) is 5.26. The number of alkyl carbamates (subject to hydrolysis) is 1. The summed E-state index contributed by atoms with van der Waals surface area (Å²) in [5.41, 5.74) is -1.63. The fourth-order valence-electron chi connectivity index (χ4n) is 2.52. The molecule has 1 amide bonds. The predicted octanol–water partition coefficient (Wildman–Crippen LogP) is 1.18. The van der Waals surface area contributed by atoms with Crippen molar-refractivity contribution in [1.82, 2.24) is 5.32 Å². The minimum absolute atomic E-state index is 0.0351. The summed E-state index contributed by atoms with van der Waals surface area (Å²) in [5.74, 6) is 10.5. The fraction of sp³-hybridized carbons (Fsp3) is 0.333. The third kappa shape index (κ3) is 4.54. The summed E-state index contributed by atoms with van der Waals surface area (Å²) in [5, 5.41) is 23.9. The highest BCUT2D eigenvalue weighted by Crippen LogP contribution is 2.37. The number of amides is 1. The van der Waals surface area contributed by atoms with E-state index in [1.165, 1.54) is 33.7 Å². The van der Waals surface area contributed by atoms with Gasteiger partial charge in [-0.15, -0.1) is 0 Å². The molecule has 0 saturated heterocycles. The number of Topliss-reactive ketones (excluding diaryl/α,β-unsaturated/α-hetero) is 1. The fourth-order valence-corrected chi connectivity index (χ4v) is 3.50. The van der Waals surface area contributed by atoms with Crippen molar-refractivity contribution in [2.45, 2.75) is 18.1 Å². The van der Waals surface area contributed by atoms with E-state index in [1.807, 2.05) is 6.26 Å². The molecule has 26 heavy (non-hydrogen) atoms. The van der Waals surface area contributed by atoms with Crippen molar-refractivity contribution in [1.29, 1.82) is 0 Å². The quantitative estimate of drug-likeness (QED) is 0.376. The number of fused-ring (bicyclic) bond motifs is 2. The molecule has 0 saturated carbocycles. The molecule has 3 N–H and O–H groups in total. The van der Waals surface area contributed by atoms with E-state index in [4.69, 9.17) is 0 Å². The third-order valence-electron chi connectivity index (χ3n) is 3.61. The van der Waals surface area contributed by atoms with Crippen molar-refractivity contribution >= 4 is 33.5 Å². The molecular weight excluding hydrogens is 374 g/mol. The number of hydrogen-bond donors (Lipinski definition) is 3. The van der Waals surface area contributed by atoms with Gasteiger partial charge in [0, 0.05) is 16.9 Å². The zero-order valence-corrected chi connectivity index (χ0v) is 15.8. The number of nitrogens with one attached hydrogen (secondary N) is 1. The summed E-state index contributed by atoms with van der Waals surface area (Å²) in [6.07, 6.45) is 3.86. The van der Waals surface area contributed by atoms with Crippen LogP contribution in [0.5, 0.6) is 0 Å². The lowest BCUT2D eigenvalue weighted by molar-refractivity contribution is -0.119. The number of rotatable bonds is 4. The van der Waals surface area contributed by atoms with E-state index in [0.29, 0.717) is 5.75 Å². The van der Waals surface area contributed by atoms with Crippen molar-refractivity contribution in [3.8, 4) is 23.7 Å². The number of ketones is 1. The molecule has 0 aliphatic heterocycles. The van der Waals surface area contributed by atoms with Crippen LogP contribution in [-0.2, 0) is 9.53 Å². The highest BCUT2D eigenvalue weighted by atomic mass is 33.1. The molecule has 136 valence electrons. The maximum atomic E-state index is 12.6. The van der Waals surface area contributed by atoms with Gasteiger partial charge in [-0.1, -0.05) is 51.3 Å². The van der Waals surface area contributed by atoms with Gasteiger partial charge in [0.2, 0.25) is 0 Å². The normalized spacial score (nSPS) is 27.0. The molecule has 2 aliphatic carbocycles. The Morgan fingerprint density at radius 3 is 2.92 bits per heavy atom. The molecule has 0 aromatic rings. The van der Waals surface area contributed by atoms with E-state index in [-0.39, 0.29) is 23.3 Å². The highest BCUT2D eigenvalue weighted by Gasteiger charge is 2.44. The second-order valence-electron chi connectivity index (χ2n) is 5.23. The van der Waals surface area contributed by atoms with Crippen molar-refractivity contribution in [3.05, 3.63) is 35.1 Å². The molecule has 2 bridgehead atoms. The Morgan fingerprint density at radius 1 is 1.50 bits per heavy atom. The number of aliphatic hydroxyl groups is 2. The number of ether oxygens (including phenoxy) is 1. The highest BCUT2D eigenvalue weighted by molar-refractivity contribution is 8.76. The molecule has 2 atom stereocenters. The van der Waals surface area contributed by atoms with Gasteiger partial charge >= 0.3 is 6.09 Å². The molecule has 2 aliphatic rings. The summed E-state index contributed by atoms with van der Waals surface area (Å²) in [7, 11) is 4.20. The van der Waals surface area contributed by atoms with Crippen LogP contribution in [-0.4, -0.2) is 52.9 Å². The molecule has 0 spiro atoms. The lowest BCUT2D eigenvalue weighted by atomic mass is 9.75. The van der Waals surface area contributed by atoms with Crippen LogP contribution < -0.4 is 5.32 Å². The lowest BCUT2D eigenvalue weighted by Crippen LogP contribution is -2.45. The molecule has 8 heteroatoms. The maximum absolute atomic E-state index is 12.6. The summed E-state index contributed by atoms with van der Waals surface area (Å²) in [6, 6.07) is 0. The standard InChI is InChI=1S/C18H17NO5S2/c1-24-17(22)19-16-14(21)11-18(23)9-6-4-3-5-7-13(20)15(16)12(18)8-10-26-25-2/h3-4,8,13,20,23H,10-11H2,1-2H3,(H,19,22)/b4-3-,12-8+. The summed E-state index contributed by atoms with van der Waals surface area (Å²) < 4.78 is 4.55. The summed E-state index contributed by atoms with van der Waals surface area (Å²) in [4.78, 5) is 24.2. The molecule has 2 unspecified atom stereocenters. The average molecular weight is 391 g/mol. The number of aliphatic hydroxyl groups excluding tert-OH is 1. The Labute approximate surface area is 159 Å². The number of hydrogen-bond acceptors (Lipinski definition) is 7. The molecule has 6 nitrogen and oxygen atoms in total. The first-order chi connectivity index (χ1) is 12.4. The van der Waals surface area contributed by atoms with Crippen LogP contribution in [0.4, 0.5) is 4.79 Å². The van der Waals surface area contributed by atoms with Crippen LogP contribution in [0.2, 0.25) is 0 Å². The molecule has 0 radical (unpaired) electrons. The van der Waals surface area contributed by atoms with Crippen molar-refractivity contribution in [2.75, 3.05) is 19.1 Å². The van der Waals surface area contributed by atoms with E-state index in [9.17, 15) is 19.8 Å². The van der Waals surface area contributed by atoms with Gasteiger partial charge in [-0.2, -0.15) is 0 Å². The first kappa shape index (κ1) is 20.2. The van der Waals surface area contributed by atoms with Crippen LogP contribution in [0.25, 0.3) is 0 Å². The summed E-state index contributed by atoms with van der Waals surface area (Å²) >= 11 is 0. The Bertz CT molecular complexity index is 822. The van der Waals surface area contributed by atoms with Crippen LogP contribution in [0.1, 0.15) is 6.42 Å². The lowest BCUT2D eigenvalue weighted by Gasteiger charge is -2.34. The Hall–Kier alpha value is -2.10. The van der Waals surface area contributed by atoms with Gasteiger partial charge in [-0.3, -0.25) is 10.1 Å². The van der Waals surface area contributed by atoms with Crippen LogP contribution >= 0.6 is 21.6 Å². The monoisotopic (exact) mass is 391 g/mol. The molecule has 0 fully saturated rings. The van der Waals surface area contributed by atoms with E-state index in [0.717, 1.165) is 7.11 Å². The minimum Gasteiger partial charge on any atom is -0.453 e. The molecular formula is C18H17NO5S2. The number of carbonyl (C=O) groups excluding carboxylic acids is 2. The van der Waals surface area contributed by atoms with Gasteiger partial charge < -0.3 is 14.9 Å². The zero-order valence-electron chi connectivity index (χ0n) is 14.2. The van der Waals surface area contributed by atoms with Gasteiger partial charge in [-0.25, -0.2) is 4.79 Å². The van der Waals surface area contributed by atoms with E-state index in [2.05, 4.69) is 33.7 Å². The Kier molecular flexibility index (Phi) is 7.01.